The van der Waals surface area contributed by atoms with E-state index in [9.17, 15) is 0 Å². The van der Waals surface area contributed by atoms with Gasteiger partial charge >= 0.3 is 0 Å². The predicted molar refractivity (Wildman–Crippen MR) is 63.5 cm³/mol. The van der Waals surface area contributed by atoms with E-state index in [4.69, 9.17) is 0 Å². The second kappa shape index (κ2) is 7.05. The molecule has 0 saturated heterocycles. The van der Waals surface area contributed by atoms with Crippen LogP contribution in [0.2, 0.25) is 0 Å². The SMILES string of the molecule is C/C=C/CCNC(C)C1CCCCC1. The van der Waals surface area contributed by atoms with Crippen molar-refractivity contribution in [3.63, 3.8) is 0 Å². The average molecular weight is 195 g/mol. The highest BCUT2D eigenvalue weighted by molar-refractivity contribution is 4.80. The summed E-state index contributed by atoms with van der Waals surface area (Å²) in [4.78, 5) is 0. The van der Waals surface area contributed by atoms with Gasteiger partial charge in [-0.15, -0.1) is 0 Å². The van der Waals surface area contributed by atoms with Crippen molar-refractivity contribution in [3.8, 4) is 0 Å². The van der Waals surface area contributed by atoms with Gasteiger partial charge in [0.1, 0.15) is 0 Å². The van der Waals surface area contributed by atoms with Crippen molar-refractivity contribution in [2.75, 3.05) is 6.54 Å². The summed E-state index contributed by atoms with van der Waals surface area (Å²) >= 11 is 0. The van der Waals surface area contributed by atoms with Gasteiger partial charge in [-0.05, 0) is 45.6 Å². The fourth-order valence-corrected chi connectivity index (χ4v) is 2.36. The quantitative estimate of drug-likeness (QED) is 0.523. The van der Waals surface area contributed by atoms with E-state index in [1.165, 1.54) is 38.5 Å². The molecule has 1 N–H and O–H groups in total. The molecule has 82 valence electrons. The Balaban J connectivity index is 2.10. The smallest absolute Gasteiger partial charge is 0.00671 e. The lowest BCUT2D eigenvalue weighted by atomic mass is 9.84. The second-order valence-corrected chi connectivity index (χ2v) is 4.50. The molecule has 0 aromatic carbocycles. The Morgan fingerprint density at radius 1 is 1.29 bits per heavy atom. The standard InChI is InChI=1S/C13H25N/c1-3-4-8-11-14-12(2)13-9-6-5-7-10-13/h3-4,12-14H,5-11H2,1-2H3/b4-3+. The van der Waals surface area contributed by atoms with E-state index in [0.717, 1.165) is 18.5 Å². The van der Waals surface area contributed by atoms with Crippen LogP contribution in [-0.2, 0) is 0 Å². The summed E-state index contributed by atoms with van der Waals surface area (Å²) in [7, 11) is 0. The Bertz CT molecular complexity index is 157. The van der Waals surface area contributed by atoms with Gasteiger partial charge in [0.15, 0.2) is 0 Å². The van der Waals surface area contributed by atoms with E-state index in [-0.39, 0.29) is 0 Å². The molecule has 0 aromatic rings. The molecular formula is C13H25N. The van der Waals surface area contributed by atoms with Crippen molar-refractivity contribution < 1.29 is 0 Å². The molecule has 0 radical (unpaired) electrons. The molecule has 0 aromatic heterocycles. The molecule has 1 unspecified atom stereocenters. The fourth-order valence-electron chi connectivity index (χ4n) is 2.36. The van der Waals surface area contributed by atoms with Gasteiger partial charge in [0, 0.05) is 6.04 Å². The molecule has 1 aliphatic carbocycles. The molecule has 1 saturated carbocycles. The van der Waals surface area contributed by atoms with E-state index in [1.54, 1.807) is 0 Å². The lowest BCUT2D eigenvalue weighted by Crippen LogP contribution is -2.35. The summed E-state index contributed by atoms with van der Waals surface area (Å²) in [5, 5.41) is 3.64. The number of hydrogen-bond acceptors (Lipinski definition) is 1. The molecule has 1 aliphatic rings. The normalized spacial score (nSPS) is 21.6. The molecular weight excluding hydrogens is 170 g/mol. The Morgan fingerprint density at radius 3 is 2.64 bits per heavy atom. The Morgan fingerprint density at radius 2 is 2.00 bits per heavy atom. The van der Waals surface area contributed by atoms with Crippen LogP contribution in [0.3, 0.4) is 0 Å². The van der Waals surface area contributed by atoms with Crippen molar-refractivity contribution in [2.24, 2.45) is 5.92 Å². The maximum atomic E-state index is 3.64. The minimum atomic E-state index is 0.723. The van der Waals surface area contributed by atoms with Crippen molar-refractivity contribution in [3.05, 3.63) is 12.2 Å². The lowest BCUT2D eigenvalue weighted by molar-refractivity contribution is 0.283. The minimum absolute atomic E-state index is 0.723. The first-order valence-corrected chi connectivity index (χ1v) is 6.19. The monoisotopic (exact) mass is 195 g/mol. The van der Waals surface area contributed by atoms with Crippen LogP contribution < -0.4 is 5.32 Å². The molecule has 0 heterocycles. The zero-order valence-electron chi connectivity index (χ0n) is 9.76. The molecule has 1 fully saturated rings. The van der Waals surface area contributed by atoms with E-state index >= 15 is 0 Å². The summed E-state index contributed by atoms with van der Waals surface area (Å²) in [5.41, 5.74) is 0. The van der Waals surface area contributed by atoms with E-state index in [0.29, 0.717) is 0 Å². The predicted octanol–water partition coefficient (Wildman–Crippen LogP) is 3.51. The second-order valence-electron chi connectivity index (χ2n) is 4.50. The van der Waals surface area contributed by atoms with Crippen LogP contribution in [0.25, 0.3) is 0 Å². The summed E-state index contributed by atoms with van der Waals surface area (Å²) in [6.45, 7) is 5.58. The molecule has 0 aliphatic heterocycles. The van der Waals surface area contributed by atoms with Gasteiger partial charge in [-0.2, -0.15) is 0 Å². The zero-order valence-corrected chi connectivity index (χ0v) is 9.76. The molecule has 0 spiro atoms. The third kappa shape index (κ3) is 4.28. The summed E-state index contributed by atoms with van der Waals surface area (Å²) in [5.74, 6) is 0.939. The molecule has 1 nitrogen and oxygen atoms in total. The number of nitrogens with one attached hydrogen (secondary N) is 1. The molecule has 0 amide bonds. The van der Waals surface area contributed by atoms with Crippen LogP contribution in [-0.4, -0.2) is 12.6 Å². The van der Waals surface area contributed by atoms with Crippen molar-refractivity contribution in [1.29, 1.82) is 0 Å². The van der Waals surface area contributed by atoms with Gasteiger partial charge in [0.25, 0.3) is 0 Å². The van der Waals surface area contributed by atoms with Crippen LogP contribution in [0, 0.1) is 5.92 Å². The van der Waals surface area contributed by atoms with Crippen molar-refractivity contribution in [2.45, 2.75) is 58.4 Å². The van der Waals surface area contributed by atoms with Crippen molar-refractivity contribution >= 4 is 0 Å². The zero-order chi connectivity index (χ0) is 10.2. The topological polar surface area (TPSA) is 12.0 Å². The summed E-state index contributed by atoms with van der Waals surface area (Å²) < 4.78 is 0. The van der Waals surface area contributed by atoms with Gasteiger partial charge in [-0.1, -0.05) is 31.4 Å². The summed E-state index contributed by atoms with van der Waals surface area (Å²) in [6, 6.07) is 0.723. The molecule has 1 atom stereocenters. The van der Waals surface area contributed by atoms with Crippen LogP contribution in [0.5, 0.6) is 0 Å². The van der Waals surface area contributed by atoms with E-state index in [2.05, 4.69) is 31.3 Å². The van der Waals surface area contributed by atoms with E-state index in [1.807, 2.05) is 0 Å². The maximum absolute atomic E-state index is 3.64. The molecule has 14 heavy (non-hydrogen) atoms. The summed E-state index contributed by atoms with van der Waals surface area (Å²) in [6.07, 6.45) is 12.8. The third-order valence-corrected chi connectivity index (χ3v) is 3.37. The maximum Gasteiger partial charge on any atom is 0.00671 e. The minimum Gasteiger partial charge on any atom is -0.314 e. The van der Waals surface area contributed by atoms with Crippen LogP contribution in [0.15, 0.2) is 12.2 Å². The average Bonchev–Trinajstić information content (AvgIpc) is 2.25. The molecule has 1 heteroatoms. The van der Waals surface area contributed by atoms with Gasteiger partial charge in [0.05, 0.1) is 0 Å². The fraction of sp³-hybridized carbons (Fsp3) is 0.846. The first-order valence-electron chi connectivity index (χ1n) is 6.19. The van der Waals surface area contributed by atoms with Crippen molar-refractivity contribution in [1.82, 2.24) is 5.32 Å². The lowest BCUT2D eigenvalue weighted by Gasteiger charge is -2.28. The largest absolute Gasteiger partial charge is 0.314 e. The van der Waals surface area contributed by atoms with Crippen LogP contribution in [0.4, 0.5) is 0 Å². The Labute approximate surface area is 89.0 Å². The molecule has 0 bridgehead atoms. The highest BCUT2D eigenvalue weighted by Gasteiger charge is 2.18. The van der Waals surface area contributed by atoms with Crippen LogP contribution in [0.1, 0.15) is 52.4 Å². The van der Waals surface area contributed by atoms with Gasteiger partial charge < -0.3 is 5.32 Å². The third-order valence-electron chi connectivity index (χ3n) is 3.37. The Hall–Kier alpha value is -0.300. The number of rotatable bonds is 5. The number of hydrogen-bond donors (Lipinski definition) is 1. The van der Waals surface area contributed by atoms with Crippen LogP contribution >= 0.6 is 0 Å². The Kier molecular flexibility index (Phi) is 5.93. The highest BCUT2D eigenvalue weighted by Crippen LogP contribution is 2.26. The van der Waals surface area contributed by atoms with Gasteiger partial charge in [0.2, 0.25) is 0 Å². The number of allylic oxidation sites excluding steroid dienone is 1. The van der Waals surface area contributed by atoms with E-state index < -0.39 is 0 Å². The first-order chi connectivity index (χ1) is 6.84. The van der Waals surface area contributed by atoms with Gasteiger partial charge in [-0.25, -0.2) is 0 Å². The highest BCUT2D eigenvalue weighted by atomic mass is 14.9. The molecule has 1 rings (SSSR count). The first kappa shape index (κ1) is 11.8. The van der Waals surface area contributed by atoms with Gasteiger partial charge in [-0.3, -0.25) is 0 Å².